The summed E-state index contributed by atoms with van der Waals surface area (Å²) in [7, 11) is 0. The van der Waals surface area contributed by atoms with E-state index in [4.69, 9.17) is 11.6 Å². The molecule has 0 saturated carbocycles. The highest BCUT2D eigenvalue weighted by Crippen LogP contribution is 2.30. The molecule has 1 heterocycles. The van der Waals surface area contributed by atoms with Gasteiger partial charge >= 0.3 is 6.18 Å². The number of ketones is 1. The van der Waals surface area contributed by atoms with E-state index < -0.39 is 17.6 Å². The van der Waals surface area contributed by atoms with Crippen molar-refractivity contribution in [2.45, 2.75) is 26.6 Å². The number of nitrogens with one attached hydrogen (secondary N) is 1. The molecule has 1 amide bonds. The largest absolute Gasteiger partial charge is 0.416 e. The number of hydrogen-bond acceptors (Lipinski definition) is 3. The maximum Gasteiger partial charge on any atom is 0.416 e. The summed E-state index contributed by atoms with van der Waals surface area (Å²) in [5.41, 5.74) is 1.98. The molecular formula is C27H21ClF3N3O2. The molecule has 0 spiro atoms. The Bertz CT molecular complexity index is 1440. The van der Waals surface area contributed by atoms with E-state index in [9.17, 15) is 22.8 Å². The SMILES string of the molecule is Cc1nn(Cc2cccc(C(F)(F)F)c2)c(C)c1NC(=O)c1ccccc1C(=O)c1ccc(Cl)cc1. The van der Waals surface area contributed by atoms with Gasteiger partial charge in [0.05, 0.1) is 34.7 Å². The second-order valence-electron chi connectivity index (χ2n) is 8.24. The fraction of sp³-hybridized carbons (Fsp3) is 0.148. The summed E-state index contributed by atoms with van der Waals surface area (Å²) in [6.07, 6.45) is -4.44. The van der Waals surface area contributed by atoms with Crippen LogP contribution in [0.4, 0.5) is 18.9 Å². The lowest BCUT2D eigenvalue weighted by Gasteiger charge is -2.11. The number of carbonyl (C=O) groups excluding carboxylic acids is 2. The highest BCUT2D eigenvalue weighted by molar-refractivity contribution is 6.30. The van der Waals surface area contributed by atoms with Crippen LogP contribution in [0.3, 0.4) is 0 Å². The summed E-state index contributed by atoms with van der Waals surface area (Å²) in [6.45, 7) is 3.50. The molecule has 0 saturated heterocycles. The van der Waals surface area contributed by atoms with Crippen LogP contribution >= 0.6 is 11.6 Å². The van der Waals surface area contributed by atoms with Crippen LogP contribution in [0.2, 0.25) is 5.02 Å². The standard InChI is InChI=1S/C27H21ClF3N3O2/c1-16-24(17(2)34(33-16)15-18-6-5-7-20(14-18)27(29,30)31)32-26(36)23-9-4-3-8-22(23)25(35)19-10-12-21(28)13-11-19/h3-14H,15H2,1-2H3,(H,32,36). The van der Waals surface area contributed by atoms with Gasteiger partial charge in [-0.3, -0.25) is 14.3 Å². The van der Waals surface area contributed by atoms with Crippen LogP contribution in [0.25, 0.3) is 0 Å². The first-order valence-corrected chi connectivity index (χ1v) is 11.3. The van der Waals surface area contributed by atoms with Crippen molar-refractivity contribution in [3.8, 4) is 0 Å². The molecule has 1 N–H and O–H groups in total. The normalized spacial score (nSPS) is 11.4. The van der Waals surface area contributed by atoms with Gasteiger partial charge in [0.2, 0.25) is 0 Å². The Balaban J connectivity index is 1.59. The van der Waals surface area contributed by atoms with Crippen LogP contribution in [-0.4, -0.2) is 21.5 Å². The van der Waals surface area contributed by atoms with Gasteiger partial charge in [0.1, 0.15) is 0 Å². The molecule has 0 atom stereocenters. The molecule has 36 heavy (non-hydrogen) atoms. The number of aromatic nitrogens is 2. The van der Waals surface area contributed by atoms with E-state index in [0.717, 1.165) is 12.1 Å². The zero-order valence-electron chi connectivity index (χ0n) is 19.4. The van der Waals surface area contributed by atoms with Gasteiger partial charge in [-0.1, -0.05) is 41.9 Å². The van der Waals surface area contributed by atoms with Crippen LogP contribution < -0.4 is 5.32 Å². The third-order valence-electron chi connectivity index (χ3n) is 5.73. The number of anilines is 1. The van der Waals surface area contributed by atoms with Crippen molar-refractivity contribution in [2.75, 3.05) is 5.32 Å². The Morgan fingerprint density at radius 3 is 2.28 bits per heavy atom. The van der Waals surface area contributed by atoms with Crippen molar-refractivity contribution < 1.29 is 22.8 Å². The van der Waals surface area contributed by atoms with Crippen LogP contribution in [-0.2, 0) is 12.7 Å². The number of rotatable bonds is 6. The predicted molar refractivity (Wildman–Crippen MR) is 132 cm³/mol. The van der Waals surface area contributed by atoms with E-state index in [-0.39, 0.29) is 23.5 Å². The van der Waals surface area contributed by atoms with Crippen molar-refractivity contribution in [1.82, 2.24) is 9.78 Å². The predicted octanol–water partition coefficient (Wildman–Crippen LogP) is 6.70. The quantitative estimate of drug-likeness (QED) is 0.293. The molecular weight excluding hydrogens is 491 g/mol. The van der Waals surface area contributed by atoms with E-state index in [2.05, 4.69) is 10.4 Å². The van der Waals surface area contributed by atoms with E-state index >= 15 is 0 Å². The van der Waals surface area contributed by atoms with Gasteiger partial charge in [0, 0.05) is 16.1 Å². The van der Waals surface area contributed by atoms with Crippen molar-refractivity contribution in [3.63, 3.8) is 0 Å². The summed E-state index contributed by atoms with van der Waals surface area (Å²) in [5.74, 6) is -0.830. The maximum absolute atomic E-state index is 13.2. The molecule has 0 fully saturated rings. The first-order valence-electron chi connectivity index (χ1n) is 11.0. The Hall–Kier alpha value is -3.91. The van der Waals surface area contributed by atoms with Crippen molar-refractivity contribution in [2.24, 2.45) is 0 Å². The minimum atomic E-state index is -4.44. The molecule has 0 unspecified atom stereocenters. The van der Waals surface area contributed by atoms with Gasteiger partial charge in [0.15, 0.2) is 5.78 Å². The maximum atomic E-state index is 13.2. The molecule has 0 aliphatic rings. The number of aryl methyl sites for hydroxylation is 1. The average molecular weight is 512 g/mol. The number of alkyl halides is 3. The van der Waals surface area contributed by atoms with Gasteiger partial charge in [-0.05, 0) is 61.9 Å². The smallest absolute Gasteiger partial charge is 0.319 e. The van der Waals surface area contributed by atoms with E-state index in [1.807, 2.05) is 0 Å². The fourth-order valence-corrected chi connectivity index (χ4v) is 3.99. The average Bonchev–Trinajstić information content (AvgIpc) is 3.11. The van der Waals surface area contributed by atoms with E-state index in [0.29, 0.717) is 33.2 Å². The molecule has 9 heteroatoms. The lowest BCUT2D eigenvalue weighted by Crippen LogP contribution is -2.18. The zero-order chi connectivity index (χ0) is 26.0. The fourth-order valence-electron chi connectivity index (χ4n) is 3.87. The van der Waals surface area contributed by atoms with Crippen LogP contribution in [0.5, 0.6) is 0 Å². The minimum Gasteiger partial charge on any atom is -0.319 e. The first kappa shape index (κ1) is 25.2. The van der Waals surface area contributed by atoms with Crippen molar-refractivity contribution in [1.29, 1.82) is 0 Å². The third kappa shape index (κ3) is 5.33. The molecule has 4 rings (SSSR count). The summed E-state index contributed by atoms with van der Waals surface area (Å²) >= 11 is 5.91. The Kier molecular flexibility index (Phi) is 6.99. The lowest BCUT2D eigenvalue weighted by molar-refractivity contribution is -0.137. The molecule has 0 aliphatic carbocycles. The molecule has 184 valence electrons. The van der Waals surface area contributed by atoms with E-state index in [1.165, 1.54) is 10.7 Å². The lowest BCUT2D eigenvalue weighted by atomic mass is 9.98. The Morgan fingerprint density at radius 1 is 0.944 bits per heavy atom. The second kappa shape index (κ2) is 9.99. The van der Waals surface area contributed by atoms with Gasteiger partial charge in [-0.25, -0.2) is 0 Å². The Labute approximate surface area is 210 Å². The number of nitrogens with zero attached hydrogens (tertiary/aromatic N) is 2. The van der Waals surface area contributed by atoms with Crippen LogP contribution in [0.1, 0.15) is 48.8 Å². The third-order valence-corrected chi connectivity index (χ3v) is 5.98. The number of carbonyl (C=O) groups is 2. The topological polar surface area (TPSA) is 64.0 Å². The van der Waals surface area contributed by atoms with Gasteiger partial charge in [-0.2, -0.15) is 18.3 Å². The highest BCUT2D eigenvalue weighted by Gasteiger charge is 2.30. The summed E-state index contributed by atoms with van der Waals surface area (Å²) in [6, 6.07) is 17.9. The van der Waals surface area contributed by atoms with Crippen LogP contribution in [0.15, 0.2) is 72.8 Å². The zero-order valence-corrected chi connectivity index (χ0v) is 20.1. The number of hydrogen-bond donors (Lipinski definition) is 1. The monoisotopic (exact) mass is 511 g/mol. The van der Waals surface area contributed by atoms with Gasteiger partial charge < -0.3 is 5.32 Å². The molecule has 0 radical (unpaired) electrons. The first-order chi connectivity index (χ1) is 17.0. The van der Waals surface area contributed by atoms with Gasteiger partial charge in [0.25, 0.3) is 5.91 Å². The summed E-state index contributed by atoms with van der Waals surface area (Å²) < 4.78 is 40.8. The van der Waals surface area contributed by atoms with E-state index in [1.54, 1.807) is 68.4 Å². The highest BCUT2D eigenvalue weighted by atomic mass is 35.5. The molecule has 5 nitrogen and oxygen atoms in total. The summed E-state index contributed by atoms with van der Waals surface area (Å²) in [4.78, 5) is 26.3. The summed E-state index contributed by atoms with van der Waals surface area (Å²) in [5, 5.41) is 7.71. The Morgan fingerprint density at radius 2 is 1.61 bits per heavy atom. The van der Waals surface area contributed by atoms with Gasteiger partial charge in [-0.15, -0.1) is 0 Å². The number of benzene rings is 3. The molecule has 0 aliphatic heterocycles. The number of halogens is 4. The second-order valence-corrected chi connectivity index (χ2v) is 8.67. The number of amides is 1. The molecule has 3 aromatic carbocycles. The molecule has 0 bridgehead atoms. The van der Waals surface area contributed by atoms with Crippen molar-refractivity contribution >= 4 is 29.0 Å². The molecule has 4 aromatic rings. The minimum absolute atomic E-state index is 0.0953. The van der Waals surface area contributed by atoms with Crippen molar-refractivity contribution in [3.05, 3.63) is 117 Å². The van der Waals surface area contributed by atoms with Crippen LogP contribution in [0, 0.1) is 13.8 Å². The molecule has 1 aromatic heterocycles.